The number of hydrogen-bond donors (Lipinski definition) is 2. The molecule has 128 valence electrons. The van der Waals surface area contributed by atoms with E-state index in [1.54, 1.807) is 0 Å². The Kier molecular flexibility index (Phi) is 5.65. The predicted octanol–water partition coefficient (Wildman–Crippen LogP) is 2.15. The number of ether oxygens (including phenoxy) is 1. The van der Waals surface area contributed by atoms with Gasteiger partial charge in [-0.05, 0) is 43.4 Å². The molecule has 0 unspecified atom stereocenters. The van der Waals surface area contributed by atoms with Crippen molar-refractivity contribution in [3.63, 3.8) is 0 Å². The third-order valence-corrected chi connectivity index (χ3v) is 5.22. The quantitative estimate of drug-likeness (QED) is 0.861. The fraction of sp³-hybridized carbons (Fsp3) is 0.588. The highest BCUT2D eigenvalue weighted by Crippen LogP contribution is 2.47. The van der Waals surface area contributed by atoms with Crippen molar-refractivity contribution in [1.29, 1.82) is 0 Å². The summed E-state index contributed by atoms with van der Waals surface area (Å²) in [5.41, 5.74) is 6.45. The Labute approximate surface area is 142 Å². The van der Waals surface area contributed by atoms with Crippen molar-refractivity contribution in [3.05, 3.63) is 35.6 Å². The summed E-state index contributed by atoms with van der Waals surface area (Å²) in [4.78, 5) is 12.6. The Balaban J connectivity index is 0.00000192. The Bertz CT molecular complexity index is 540. The van der Waals surface area contributed by atoms with Gasteiger partial charge in [0.1, 0.15) is 5.82 Å². The van der Waals surface area contributed by atoms with Crippen molar-refractivity contribution in [2.75, 3.05) is 26.3 Å². The number of halogens is 2. The second-order valence-electron chi connectivity index (χ2n) is 6.57. The fourth-order valence-corrected chi connectivity index (χ4v) is 3.24. The minimum Gasteiger partial charge on any atom is -0.381 e. The van der Waals surface area contributed by atoms with Crippen LogP contribution in [0.15, 0.2) is 24.3 Å². The maximum absolute atomic E-state index is 13.1. The lowest BCUT2D eigenvalue weighted by Crippen LogP contribution is -2.50. The van der Waals surface area contributed by atoms with Gasteiger partial charge in [0.25, 0.3) is 0 Å². The molecule has 0 radical (unpaired) electrons. The Morgan fingerprint density at radius 1 is 1.17 bits per heavy atom. The van der Waals surface area contributed by atoms with E-state index in [1.165, 1.54) is 12.1 Å². The van der Waals surface area contributed by atoms with E-state index < -0.39 is 5.41 Å². The molecule has 1 aliphatic heterocycles. The van der Waals surface area contributed by atoms with E-state index in [2.05, 4.69) is 5.32 Å². The zero-order valence-electron chi connectivity index (χ0n) is 13.1. The van der Waals surface area contributed by atoms with Gasteiger partial charge in [-0.15, -0.1) is 12.4 Å². The Hall–Kier alpha value is -1.17. The van der Waals surface area contributed by atoms with Crippen molar-refractivity contribution in [2.24, 2.45) is 11.1 Å². The van der Waals surface area contributed by atoms with Gasteiger partial charge < -0.3 is 15.8 Å². The molecule has 1 saturated heterocycles. The molecular formula is C17H24ClFN2O2. The van der Waals surface area contributed by atoms with Crippen molar-refractivity contribution >= 4 is 18.3 Å². The number of nitrogens with two attached hydrogens (primary N) is 1. The highest BCUT2D eigenvalue weighted by molar-refractivity contribution is 5.85. The van der Waals surface area contributed by atoms with Gasteiger partial charge in [0.15, 0.2) is 0 Å². The smallest absolute Gasteiger partial charge is 0.227 e. The maximum Gasteiger partial charge on any atom is 0.227 e. The lowest BCUT2D eigenvalue weighted by atomic mass is 9.79. The monoisotopic (exact) mass is 342 g/mol. The van der Waals surface area contributed by atoms with Crippen LogP contribution in [-0.2, 0) is 14.9 Å². The molecule has 0 aromatic heterocycles. The molecule has 1 heterocycles. The average molecular weight is 343 g/mol. The van der Waals surface area contributed by atoms with Gasteiger partial charge in [-0.1, -0.05) is 12.1 Å². The number of hydrogen-bond acceptors (Lipinski definition) is 3. The van der Waals surface area contributed by atoms with E-state index in [0.717, 1.165) is 18.4 Å². The van der Waals surface area contributed by atoms with Gasteiger partial charge >= 0.3 is 0 Å². The molecule has 0 atom stereocenters. The summed E-state index contributed by atoms with van der Waals surface area (Å²) in [5.74, 6) is -0.195. The number of carbonyl (C=O) groups excluding carboxylic acids is 1. The average Bonchev–Trinajstić information content (AvgIpc) is 3.35. The zero-order chi connectivity index (χ0) is 15.6. The van der Waals surface area contributed by atoms with Crippen LogP contribution >= 0.6 is 12.4 Å². The first kappa shape index (κ1) is 18.2. The number of nitrogens with one attached hydrogen (secondary N) is 1. The van der Waals surface area contributed by atoms with Crippen LogP contribution in [0.5, 0.6) is 0 Å². The van der Waals surface area contributed by atoms with Gasteiger partial charge in [-0.25, -0.2) is 4.39 Å². The van der Waals surface area contributed by atoms with Gasteiger partial charge in [0.2, 0.25) is 5.91 Å². The van der Waals surface area contributed by atoms with Crippen LogP contribution in [0.3, 0.4) is 0 Å². The molecule has 3 N–H and O–H groups in total. The Morgan fingerprint density at radius 2 is 1.78 bits per heavy atom. The van der Waals surface area contributed by atoms with E-state index in [9.17, 15) is 9.18 Å². The second kappa shape index (κ2) is 7.16. The van der Waals surface area contributed by atoms with Crippen LogP contribution in [0.1, 0.15) is 31.2 Å². The van der Waals surface area contributed by atoms with Gasteiger partial charge in [-0.3, -0.25) is 4.79 Å². The molecule has 1 aliphatic carbocycles. The summed E-state index contributed by atoms with van der Waals surface area (Å²) in [7, 11) is 0. The van der Waals surface area contributed by atoms with Crippen LogP contribution in [-0.4, -0.2) is 32.2 Å². The highest BCUT2D eigenvalue weighted by atomic mass is 35.5. The second-order valence-corrected chi connectivity index (χ2v) is 6.57. The summed E-state index contributed by atoms with van der Waals surface area (Å²) in [6.45, 7) is 2.13. The highest BCUT2D eigenvalue weighted by Gasteiger charge is 2.46. The number of benzene rings is 1. The SMILES string of the molecule is Cl.NCC1(C(=O)NCC2(c3ccc(F)cc3)CC2)CCOCC1. The molecule has 1 aromatic carbocycles. The van der Waals surface area contributed by atoms with Gasteiger partial charge in [0.05, 0.1) is 5.41 Å². The zero-order valence-corrected chi connectivity index (χ0v) is 14.0. The predicted molar refractivity (Wildman–Crippen MR) is 89.1 cm³/mol. The molecule has 6 heteroatoms. The molecule has 2 aliphatic rings. The van der Waals surface area contributed by atoms with Crippen LogP contribution in [0, 0.1) is 11.2 Å². The lowest BCUT2D eigenvalue weighted by Gasteiger charge is -2.35. The molecule has 1 aromatic rings. The Morgan fingerprint density at radius 3 is 2.30 bits per heavy atom. The third-order valence-electron chi connectivity index (χ3n) is 5.22. The summed E-state index contributed by atoms with van der Waals surface area (Å²) >= 11 is 0. The van der Waals surface area contributed by atoms with Crippen LogP contribution in [0.4, 0.5) is 4.39 Å². The van der Waals surface area contributed by atoms with Gasteiger partial charge in [-0.2, -0.15) is 0 Å². The van der Waals surface area contributed by atoms with Gasteiger partial charge in [0, 0.05) is 31.7 Å². The van der Waals surface area contributed by atoms with Crippen molar-refractivity contribution in [3.8, 4) is 0 Å². The van der Waals surface area contributed by atoms with E-state index >= 15 is 0 Å². The molecule has 3 rings (SSSR count). The van der Waals surface area contributed by atoms with Crippen molar-refractivity contribution < 1.29 is 13.9 Å². The minimum atomic E-state index is -0.489. The third kappa shape index (κ3) is 3.67. The maximum atomic E-state index is 13.1. The van der Waals surface area contributed by atoms with E-state index in [-0.39, 0.29) is 29.5 Å². The molecule has 1 saturated carbocycles. The molecular weight excluding hydrogens is 319 g/mol. The largest absolute Gasteiger partial charge is 0.381 e. The van der Waals surface area contributed by atoms with Crippen LogP contribution < -0.4 is 11.1 Å². The van der Waals surface area contributed by atoms with Crippen LogP contribution in [0.2, 0.25) is 0 Å². The standard InChI is InChI=1S/C17H23FN2O2.ClH/c18-14-3-1-13(2-4-14)17(5-6-17)12-20-15(21)16(11-19)7-9-22-10-8-16;/h1-4H,5-12,19H2,(H,20,21);1H. The summed E-state index contributed by atoms with van der Waals surface area (Å²) in [5, 5.41) is 3.09. The first-order valence-electron chi connectivity index (χ1n) is 7.92. The topological polar surface area (TPSA) is 64.4 Å². The van der Waals surface area contributed by atoms with E-state index in [1.807, 2.05) is 12.1 Å². The minimum absolute atomic E-state index is 0. The molecule has 4 nitrogen and oxygen atoms in total. The molecule has 1 amide bonds. The van der Waals surface area contributed by atoms with Crippen molar-refractivity contribution in [1.82, 2.24) is 5.32 Å². The number of amides is 1. The number of carbonyl (C=O) groups is 1. The van der Waals surface area contributed by atoms with Crippen LogP contribution in [0.25, 0.3) is 0 Å². The van der Waals surface area contributed by atoms with Crippen molar-refractivity contribution in [2.45, 2.75) is 31.1 Å². The molecule has 23 heavy (non-hydrogen) atoms. The molecule has 0 bridgehead atoms. The normalized spacial score (nSPS) is 21.1. The van der Waals surface area contributed by atoms with E-state index in [0.29, 0.717) is 39.1 Å². The first-order valence-corrected chi connectivity index (χ1v) is 7.92. The summed E-state index contributed by atoms with van der Waals surface area (Å²) in [6, 6.07) is 6.61. The number of rotatable bonds is 5. The first-order chi connectivity index (χ1) is 10.6. The fourth-order valence-electron chi connectivity index (χ4n) is 3.24. The molecule has 0 spiro atoms. The van der Waals surface area contributed by atoms with E-state index in [4.69, 9.17) is 10.5 Å². The lowest BCUT2D eigenvalue weighted by molar-refractivity contribution is -0.136. The summed E-state index contributed by atoms with van der Waals surface area (Å²) < 4.78 is 18.4. The summed E-state index contributed by atoms with van der Waals surface area (Å²) in [6.07, 6.45) is 3.41. The molecule has 2 fully saturated rings.